The van der Waals surface area contributed by atoms with Crippen molar-refractivity contribution in [2.45, 2.75) is 45.1 Å². The number of carbonyl (C=O) groups is 2. The standard InChI is InChI=1S/C24H29N3O3/c1-18(30-22-8-5-7-21(17-22)27-16-6-9-23(27)28)24(29)25-19-10-12-20(13-11-19)26-14-3-2-4-15-26/h5,7-8,10-13,17-18H,2-4,6,9,14-16H2,1H3,(H,25,29)/t18-/m0/s1. The molecule has 158 valence electrons. The normalized spacial score (nSPS) is 17.7. The molecular formula is C24H29N3O3. The molecule has 1 atom stereocenters. The van der Waals surface area contributed by atoms with E-state index in [2.05, 4.69) is 22.3 Å². The third-order valence-electron chi connectivity index (χ3n) is 5.74. The Morgan fingerprint density at radius 2 is 1.73 bits per heavy atom. The van der Waals surface area contributed by atoms with E-state index < -0.39 is 6.10 Å². The van der Waals surface area contributed by atoms with Crippen LogP contribution in [-0.4, -0.2) is 37.6 Å². The van der Waals surface area contributed by atoms with Gasteiger partial charge < -0.3 is 19.9 Å². The molecular weight excluding hydrogens is 378 g/mol. The molecule has 0 bridgehead atoms. The smallest absolute Gasteiger partial charge is 0.265 e. The summed E-state index contributed by atoms with van der Waals surface area (Å²) in [4.78, 5) is 28.7. The molecule has 2 fully saturated rings. The van der Waals surface area contributed by atoms with E-state index in [1.54, 1.807) is 17.9 Å². The highest BCUT2D eigenvalue weighted by atomic mass is 16.5. The van der Waals surface area contributed by atoms with Gasteiger partial charge in [0.2, 0.25) is 5.91 Å². The van der Waals surface area contributed by atoms with Gasteiger partial charge in [-0.25, -0.2) is 0 Å². The van der Waals surface area contributed by atoms with Crippen molar-refractivity contribution in [3.63, 3.8) is 0 Å². The molecule has 30 heavy (non-hydrogen) atoms. The lowest BCUT2D eigenvalue weighted by atomic mass is 10.1. The van der Waals surface area contributed by atoms with Crippen LogP contribution in [-0.2, 0) is 9.59 Å². The predicted octanol–water partition coefficient (Wildman–Crippen LogP) is 4.21. The number of nitrogens with one attached hydrogen (secondary N) is 1. The number of piperidine rings is 1. The van der Waals surface area contributed by atoms with Crippen LogP contribution in [0.5, 0.6) is 5.75 Å². The van der Waals surface area contributed by atoms with Gasteiger partial charge in [0.25, 0.3) is 5.91 Å². The maximum absolute atomic E-state index is 12.6. The SMILES string of the molecule is C[C@H](Oc1cccc(N2CCCC2=O)c1)C(=O)Nc1ccc(N2CCCCC2)cc1. The minimum Gasteiger partial charge on any atom is -0.481 e. The van der Waals surface area contributed by atoms with Gasteiger partial charge in [-0.05, 0) is 69.0 Å². The second-order valence-corrected chi connectivity index (χ2v) is 7.99. The Hall–Kier alpha value is -3.02. The quantitative estimate of drug-likeness (QED) is 0.779. The van der Waals surface area contributed by atoms with E-state index in [-0.39, 0.29) is 11.8 Å². The van der Waals surface area contributed by atoms with Crippen LogP contribution >= 0.6 is 0 Å². The number of carbonyl (C=O) groups excluding carboxylic acids is 2. The monoisotopic (exact) mass is 407 g/mol. The van der Waals surface area contributed by atoms with Crippen molar-refractivity contribution >= 4 is 28.9 Å². The summed E-state index contributed by atoms with van der Waals surface area (Å²) in [5.74, 6) is 0.504. The van der Waals surface area contributed by atoms with Gasteiger partial charge in [-0.1, -0.05) is 6.07 Å². The number of anilines is 3. The second-order valence-electron chi connectivity index (χ2n) is 7.99. The highest BCUT2D eigenvalue weighted by Crippen LogP contribution is 2.26. The van der Waals surface area contributed by atoms with Crippen LogP contribution in [0.1, 0.15) is 39.0 Å². The van der Waals surface area contributed by atoms with Crippen molar-refractivity contribution in [2.24, 2.45) is 0 Å². The lowest BCUT2D eigenvalue weighted by Crippen LogP contribution is -2.30. The van der Waals surface area contributed by atoms with Gasteiger partial charge in [-0.15, -0.1) is 0 Å². The number of nitrogens with zero attached hydrogens (tertiary/aromatic N) is 2. The van der Waals surface area contributed by atoms with E-state index in [0.717, 1.165) is 37.4 Å². The maximum Gasteiger partial charge on any atom is 0.265 e. The number of rotatable bonds is 6. The topological polar surface area (TPSA) is 61.9 Å². The molecule has 2 aliphatic heterocycles. The number of hydrogen-bond donors (Lipinski definition) is 1. The molecule has 2 aromatic rings. The zero-order valence-corrected chi connectivity index (χ0v) is 17.5. The van der Waals surface area contributed by atoms with Crippen molar-refractivity contribution in [1.29, 1.82) is 0 Å². The van der Waals surface area contributed by atoms with Gasteiger partial charge in [-0.3, -0.25) is 9.59 Å². The summed E-state index contributed by atoms with van der Waals surface area (Å²) >= 11 is 0. The number of amides is 2. The van der Waals surface area contributed by atoms with Crippen LogP contribution in [0.2, 0.25) is 0 Å². The third-order valence-corrected chi connectivity index (χ3v) is 5.74. The van der Waals surface area contributed by atoms with Gasteiger partial charge in [0.1, 0.15) is 5.75 Å². The average molecular weight is 408 g/mol. The van der Waals surface area contributed by atoms with Gasteiger partial charge in [0, 0.05) is 49.2 Å². The first-order valence-electron chi connectivity index (χ1n) is 10.8. The molecule has 0 spiro atoms. The van der Waals surface area contributed by atoms with Gasteiger partial charge in [0.05, 0.1) is 0 Å². The van der Waals surface area contributed by atoms with Crippen molar-refractivity contribution in [3.8, 4) is 5.75 Å². The minimum absolute atomic E-state index is 0.131. The molecule has 4 rings (SSSR count). The molecule has 2 heterocycles. The Kier molecular flexibility index (Phi) is 6.21. The first-order chi connectivity index (χ1) is 14.6. The fourth-order valence-electron chi connectivity index (χ4n) is 4.06. The molecule has 2 saturated heterocycles. The Bertz CT molecular complexity index is 891. The summed E-state index contributed by atoms with van der Waals surface area (Å²) in [5.41, 5.74) is 2.77. The summed E-state index contributed by atoms with van der Waals surface area (Å²) in [6.45, 7) is 4.65. The summed E-state index contributed by atoms with van der Waals surface area (Å²) in [6.07, 6.45) is 4.58. The number of ether oxygens (including phenoxy) is 1. The fraction of sp³-hybridized carbons (Fsp3) is 0.417. The lowest BCUT2D eigenvalue weighted by Gasteiger charge is -2.28. The summed E-state index contributed by atoms with van der Waals surface area (Å²) < 4.78 is 5.84. The van der Waals surface area contributed by atoms with Crippen LogP contribution in [0.25, 0.3) is 0 Å². The highest BCUT2D eigenvalue weighted by Gasteiger charge is 2.22. The largest absolute Gasteiger partial charge is 0.481 e. The van der Waals surface area contributed by atoms with Crippen LogP contribution in [0.15, 0.2) is 48.5 Å². The molecule has 0 aromatic heterocycles. The molecule has 0 saturated carbocycles. The van der Waals surface area contributed by atoms with Gasteiger partial charge in [0.15, 0.2) is 6.10 Å². The van der Waals surface area contributed by atoms with Crippen LogP contribution < -0.4 is 19.9 Å². The molecule has 6 heteroatoms. The second kappa shape index (κ2) is 9.20. The third kappa shape index (κ3) is 4.75. The number of benzene rings is 2. The first-order valence-corrected chi connectivity index (χ1v) is 10.8. The number of hydrogen-bond acceptors (Lipinski definition) is 4. The van der Waals surface area contributed by atoms with Crippen molar-refractivity contribution in [3.05, 3.63) is 48.5 Å². The lowest BCUT2D eigenvalue weighted by molar-refractivity contribution is -0.122. The Morgan fingerprint density at radius 3 is 2.43 bits per heavy atom. The molecule has 2 aromatic carbocycles. The van der Waals surface area contributed by atoms with Crippen molar-refractivity contribution in [1.82, 2.24) is 0 Å². The van der Waals surface area contributed by atoms with Gasteiger partial charge in [-0.2, -0.15) is 0 Å². The summed E-state index contributed by atoms with van der Waals surface area (Å²) in [5, 5.41) is 2.92. The van der Waals surface area contributed by atoms with Crippen LogP contribution in [0.3, 0.4) is 0 Å². The zero-order chi connectivity index (χ0) is 20.9. The van der Waals surface area contributed by atoms with Crippen LogP contribution in [0.4, 0.5) is 17.1 Å². The van der Waals surface area contributed by atoms with Crippen LogP contribution in [0, 0.1) is 0 Å². The van der Waals surface area contributed by atoms with E-state index >= 15 is 0 Å². The predicted molar refractivity (Wildman–Crippen MR) is 119 cm³/mol. The molecule has 1 N–H and O–H groups in total. The molecule has 6 nitrogen and oxygen atoms in total. The summed E-state index contributed by atoms with van der Waals surface area (Å²) in [7, 11) is 0. The Morgan fingerprint density at radius 1 is 0.967 bits per heavy atom. The zero-order valence-electron chi connectivity index (χ0n) is 17.5. The average Bonchev–Trinajstić information content (AvgIpc) is 3.21. The minimum atomic E-state index is -0.656. The van der Waals surface area contributed by atoms with E-state index in [4.69, 9.17) is 4.74 Å². The summed E-state index contributed by atoms with van der Waals surface area (Å²) in [6, 6.07) is 15.4. The maximum atomic E-state index is 12.6. The highest BCUT2D eigenvalue weighted by molar-refractivity contribution is 5.96. The Balaban J connectivity index is 1.34. The van der Waals surface area contributed by atoms with E-state index in [1.165, 1.54) is 24.9 Å². The first kappa shape index (κ1) is 20.3. The van der Waals surface area contributed by atoms with Crippen molar-refractivity contribution < 1.29 is 14.3 Å². The van der Waals surface area contributed by atoms with E-state index in [9.17, 15) is 9.59 Å². The molecule has 2 aliphatic rings. The molecule has 0 unspecified atom stereocenters. The Labute approximate surface area is 177 Å². The molecule has 0 radical (unpaired) electrons. The van der Waals surface area contributed by atoms with Gasteiger partial charge >= 0.3 is 0 Å². The molecule has 0 aliphatic carbocycles. The fourth-order valence-corrected chi connectivity index (χ4v) is 4.06. The van der Waals surface area contributed by atoms with Crippen molar-refractivity contribution in [2.75, 3.05) is 34.8 Å². The van der Waals surface area contributed by atoms with E-state index in [1.807, 2.05) is 30.3 Å². The van der Waals surface area contributed by atoms with E-state index in [0.29, 0.717) is 12.2 Å². The molecule has 2 amide bonds.